The average Bonchev–Trinajstić information content (AvgIpc) is 3.30. The second-order valence-corrected chi connectivity index (χ2v) is 10.4. The Balaban J connectivity index is 1.21. The number of aromatic nitrogens is 2. The van der Waals surface area contributed by atoms with Gasteiger partial charge >= 0.3 is 0 Å². The molecule has 3 aromatic rings. The van der Waals surface area contributed by atoms with Gasteiger partial charge in [0, 0.05) is 50.4 Å². The van der Waals surface area contributed by atoms with Crippen LogP contribution in [0.25, 0.3) is 11.3 Å². The van der Waals surface area contributed by atoms with Crippen molar-refractivity contribution in [1.82, 2.24) is 19.8 Å². The number of carbonyl (C=O) groups is 2. The van der Waals surface area contributed by atoms with Gasteiger partial charge in [0.1, 0.15) is 0 Å². The molecule has 40 heavy (non-hydrogen) atoms. The Labute approximate surface area is 235 Å². The molecule has 2 aliphatic rings. The Hall–Kier alpha value is -3.54. The Morgan fingerprint density at radius 1 is 1.15 bits per heavy atom. The molecule has 5 rings (SSSR count). The summed E-state index contributed by atoms with van der Waals surface area (Å²) in [5.41, 5.74) is 0.841. The van der Waals surface area contributed by atoms with Gasteiger partial charge in [-0.3, -0.25) is 9.59 Å². The van der Waals surface area contributed by atoms with Crippen molar-refractivity contribution in [2.24, 2.45) is 13.0 Å². The number of likely N-dealkylation sites (tertiary alicyclic amines) is 1. The molecule has 0 radical (unpaired) electrons. The molecule has 212 valence electrons. The summed E-state index contributed by atoms with van der Waals surface area (Å²) in [6.07, 6.45) is 2.99. The monoisotopic (exact) mass is 573 g/mol. The van der Waals surface area contributed by atoms with Crippen molar-refractivity contribution >= 4 is 29.1 Å². The predicted octanol–water partition coefficient (Wildman–Crippen LogP) is 4.12. The molecule has 3 heterocycles. The van der Waals surface area contributed by atoms with Gasteiger partial charge in [0.05, 0.1) is 42.3 Å². The number of methoxy groups -OCH3 is 1. The van der Waals surface area contributed by atoms with Crippen molar-refractivity contribution < 1.29 is 27.8 Å². The molecule has 2 aromatic carbocycles. The second kappa shape index (κ2) is 11.9. The first-order valence-corrected chi connectivity index (χ1v) is 13.4. The second-order valence-electron chi connectivity index (χ2n) is 9.97. The zero-order valence-electron chi connectivity index (χ0n) is 22.2. The van der Waals surface area contributed by atoms with Crippen molar-refractivity contribution in [3.05, 3.63) is 64.6 Å². The van der Waals surface area contributed by atoms with Crippen molar-refractivity contribution in [2.75, 3.05) is 45.2 Å². The van der Waals surface area contributed by atoms with Gasteiger partial charge in [-0.25, -0.2) is 9.37 Å². The first-order valence-electron chi connectivity index (χ1n) is 13.0. The third-order valence-electron chi connectivity index (χ3n) is 7.35. The highest BCUT2D eigenvalue weighted by Crippen LogP contribution is 2.30. The highest BCUT2D eigenvalue weighted by Gasteiger charge is 2.27. The lowest BCUT2D eigenvalue weighted by atomic mass is 10.0. The molecule has 1 aromatic heterocycles. The highest BCUT2D eigenvalue weighted by atomic mass is 35.5. The van der Waals surface area contributed by atoms with Crippen LogP contribution in [0.15, 0.2) is 36.5 Å². The topological polar surface area (TPSA) is 97.7 Å². The van der Waals surface area contributed by atoms with Gasteiger partial charge in [-0.05, 0) is 43.2 Å². The highest BCUT2D eigenvalue weighted by molar-refractivity contribution is 6.34. The van der Waals surface area contributed by atoms with Gasteiger partial charge in [0.15, 0.2) is 17.4 Å². The third-order valence-corrected chi connectivity index (χ3v) is 7.67. The van der Waals surface area contributed by atoms with E-state index >= 15 is 0 Å². The van der Waals surface area contributed by atoms with E-state index in [1.54, 1.807) is 17.0 Å². The number of benzene rings is 2. The molecule has 0 atom stereocenters. The molecule has 9 nitrogen and oxygen atoms in total. The Kier molecular flexibility index (Phi) is 8.34. The fourth-order valence-corrected chi connectivity index (χ4v) is 5.11. The SMILES string of the molecule is COc1ccc(-c2cnc(C(=O)Nc3ccc(C(=O)N4CCC(OCC5CNC5)CC4)c(Cl)c3)n2C)c(F)c1F. The molecule has 0 unspecified atom stereocenters. The van der Waals surface area contributed by atoms with Crippen LogP contribution in [0.3, 0.4) is 0 Å². The summed E-state index contributed by atoms with van der Waals surface area (Å²) < 4.78 is 41.0. The quantitative estimate of drug-likeness (QED) is 0.421. The van der Waals surface area contributed by atoms with Gasteiger partial charge in [-0.15, -0.1) is 0 Å². The summed E-state index contributed by atoms with van der Waals surface area (Å²) in [7, 11) is 2.76. The summed E-state index contributed by atoms with van der Waals surface area (Å²) in [5, 5.41) is 6.13. The number of nitrogens with zero attached hydrogens (tertiary/aromatic N) is 3. The molecule has 2 amide bonds. The predicted molar refractivity (Wildman–Crippen MR) is 146 cm³/mol. The molecule has 0 saturated carbocycles. The summed E-state index contributed by atoms with van der Waals surface area (Å²) in [6, 6.07) is 7.31. The lowest BCUT2D eigenvalue weighted by molar-refractivity contribution is -0.0142. The number of anilines is 1. The minimum absolute atomic E-state index is 0.0273. The van der Waals surface area contributed by atoms with Crippen LogP contribution < -0.4 is 15.4 Å². The van der Waals surface area contributed by atoms with Crippen LogP contribution in [0, 0.1) is 17.6 Å². The summed E-state index contributed by atoms with van der Waals surface area (Å²) in [4.78, 5) is 31.9. The van der Waals surface area contributed by atoms with Crippen LogP contribution in [-0.2, 0) is 11.8 Å². The van der Waals surface area contributed by atoms with Crippen molar-refractivity contribution in [1.29, 1.82) is 0 Å². The van der Waals surface area contributed by atoms with Crippen LogP contribution in [0.2, 0.25) is 5.02 Å². The summed E-state index contributed by atoms with van der Waals surface area (Å²) >= 11 is 6.44. The van der Waals surface area contributed by atoms with E-state index in [1.807, 2.05) is 0 Å². The van der Waals surface area contributed by atoms with Gasteiger partial charge in [-0.1, -0.05) is 11.6 Å². The Bertz CT molecular complexity index is 1420. The van der Waals surface area contributed by atoms with E-state index < -0.39 is 17.5 Å². The fraction of sp³-hybridized carbons (Fsp3) is 0.393. The lowest BCUT2D eigenvalue weighted by Crippen LogP contribution is -2.46. The van der Waals surface area contributed by atoms with E-state index in [-0.39, 0.29) is 39.9 Å². The van der Waals surface area contributed by atoms with E-state index in [2.05, 4.69) is 15.6 Å². The number of hydrogen-bond donors (Lipinski definition) is 2. The largest absolute Gasteiger partial charge is 0.494 e. The van der Waals surface area contributed by atoms with Gasteiger partial charge in [0.25, 0.3) is 11.8 Å². The number of rotatable bonds is 8. The maximum absolute atomic E-state index is 14.6. The van der Waals surface area contributed by atoms with Gasteiger partial charge < -0.3 is 29.6 Å². The van der Waals surface area contributed by atoms with Crippen LogP contribution in [0.5, 0.6) is 5.75 Å². The maximum Gasteiger partial charge on any atom is 0.291 e. The maximum atomic E-state index is 14.6. The molecule has 2 fully saturated rings. The molecule has 0 bridgehead atoms. The van der Waals surface area contributed by atoms with Crippen molar-refractivity contribution in [2.45, 2.75) is 18.9 Å². The summed E-state index contributed by atoms with van der Waals surface area (Å²) in [6.45, 7) is 3.92. The van der Waals surface area contributed by atoms with Crippen molar-refractivity contribution in [3.63, 3.8) is 0 Å². The van der Waals surface area contributed by atoms with Crippen LogP contribution in [0.4, 0.5) is 14.5 Å². The first kappa shape index (κ1) is 28.0. The number of piperidine rings is 1. The number of carbonyl (C=O) groups excluding carboxylic acids is 2. The first-order chi connectivity index (χ1) is 19.3. The minimum Gasteiger partial charge on any atom is -0.494 e. The molecule has 2 N–H and O–H groups in total. The zero-order valence-corrected chi connectivity index (χ0v) is 22.9. The molecule has 2 saturated heterocycles. The van der Waals surface area contributed by atoms with E-state index in [0.29, 0.717) is 30.3 Å². The molecule has 0 aliphatic carbocycles. The van der Waals surface area contributed by atoms with E-state index in [9.17, 15) is 18.4 Å². The van der Waals surface area contributed by atoms with E-state index in [0.717, 1.165) is 32.5 Å². The molecular formula is C28H30ClF2N5O4. The normalized spacial score (nSPS) is 16.1. The number of hydrogen-bond acceptors (Lipinski definition) is 6. The van der Waals surface area contributed by atoms with Crippen LogP contribution in [0.1, 0.15) is 33.8 Å². The third kappa shape index (κ3) is 5.67. The van der Waals surface area contributed by atoms with Crippen molar-refractivity contribution in [3.8, 4) is 17.0 Å². The van der Waals surface area contributed by atoms with Gasteiger partial charge in [0.2, 0.25) is 5.82 Å². The minimum atomic E-state index is -1.13. The van der Waals surface area contributed by atoms with Crippen LogP contribution in [-0.4, -0.2) is 72.3 Å². The number of halogens is 3. The lowest BCUT2D eigenvalue weighted by Gasteiger charge is -2.34. The van der Waals surface area contributed by atoms with E-state index in [1.165, 1.54) is 43.1 Å². The smallest absolute Gasteiger partial charge is 0.291 e. The molecule has 0 spiro atoms. The fourth-order valence-electron chi connectivity index (χ4n) is 4.85. The van der Waals surface area contributed by atoms with E-state index in [4.69, 9.17) is 21.1 Å². The zero-order chi connectivity index (χ0) is 28.4. The number of imidazole rings is 1. The molecule has 2 aliphatic heterocycles. The number of nitrogens with one attached hydrogen (secondary N) is 2. The summed E-state index contributed by atoms with van der Waals surface area (Å²) in [5.74, 6) is -2.67. The standard InChI is InChI=1S/C28H30ClF2N5O4/c1-35-22(20-5-6-23(39-2)25(31)24(20)30)14-33-26(35)27(37)34-17-3-4-19(21(29)11-17)28(38)36-9-7-18(8-10-36)40-15-16-12-32-13-16/h3-6,11,14,16,18,32H,7-10,12-13,15H2,1-2H3,(H,34,37). The Morgan fingerprint density at radius 2 is 1.90 bits per heavy atom. The number of ether oxygens (including phenoxy) is 2. The van der Waals surface area contributed by atoms with Gasteiger partial charge in [-0.2, -0.15) is 4.39 Å². The number of amides is 2. The average molecular weight is 574 g/mol. The molecule has 12 heteroatoms. The molecular weight excluding hydrogens is 544 g/mol. The van der Waals surface area contributed by atoms with Crippen LogP contribution >= 0.6 is 11.6 Å². The Morgan fingerprint density at radius 3 is 2.55 bits per heavy atom.